The minimum atomic E-state index is -0.316. The van der Waals surface area contributed by atoms with E-state index in [4.69, 9.17) is 0 Å². The standard InChI is InChI=1S/C19H20N4O2/c24-14-7-4-10-23(12-14)17-9-8-15-18(22-17)20-16(19(25)21-15)11-13-5-2-1-3-6-13/h1-3,5-6,8-9,14,24H,4,7,10-12H2,(H,21,25). The Kier molecular flexibility index (Phi) is 4.19. The summed E-state index contributed by atoms with van der Waals surface area (Å²) in [6.07, 6.45) is 1.93. The zero-order valence-corrected chi connectivity index (χ0v) is 13.9. The smallest absolute Gasteiger partial charge is 0.270 e. The van der Waals surface area contributed by atoms with Crippen molar-refractivity contribution in [3.8, 4) is 0 Å². The molecule has 6 nitrogen and oxygen atoms in total. The molecule has 0 radical (unpaired) electrons. The first-order valence-electron chi connectivity index (χ1n) is 8.56. The van der Waals surface area contributed by atoms with E-state index in [0.717, 1.165) is 30.8 Å². The molecule has 0 aliphatic carbocycles. The highest BCUT2D eigenvalue weighted by atomic mass is 16.3. The van der Waals surface area contributed by atoms with Crippen LogP contribution in [-0.4, -0.2) is 39.3 Å². The summed E-state index contributed by atoms with van der Waals surface area (Å²) in [6, 6.07) is 13.5. The van der Waals surface area contributed by atoms with Crippen molar-refractivity contribution in [1.29, 1.82) is 0 Å². The second-order valence-corrected chi connectivity index (χ2v) is 6.46. The van der Waals surface area contributed by atoms with Crippen molar-refractivity contribution in [3.63, 3.8) is 0 Å². The normalized spacial score (nSPS) is 17.8. The quantitative estimate of drug-likeness (QED) is 0.763. The second kappa shape index (κ2) is 6.64. The van der Waals surface area contributed by atoms with Crippen LogP contribution >= 0.6 is 0 Å². The fourth-order valence-electron chi connectivity index (χ4n) is 3.24. The van der Waals surface area contributed by atoms with Crippen LogP contribution in [0.4, 0.5) is 5.82 Å². The monoisotopic (exact) mass is 336 g/mol. The van der Waals surface area contributed by atoms with E-state index in [1.54, 1.807) is 0 Å². The number of aromatic amines is 1. The molecular formula is C19H20N4O2. The van der Waals surface area contributed by atoms with E-state index in [0.29, 0.717) is 29.8 Å². The van der Waals surface area contributed by atoms with Gasteiger partial charge in [0.05, 0.1) is 11.6 Å². The number of benzene rings is 1. The van der Waals surface area contributed by atoms with Crippen LogP contribution in [0.15, 0.2) is 47.3 Å². The van der Waals surface area contributed by atoms with Gasteiger partial charge in [-0.1, -0.05) is 30.3 Å². The number of nitrogens with one attached hydrogen (secondary N) is 1. The van der Waals surface area contributed by atoms with E-state index in [9.17, 15) is 9.90 Å². The van der Waals surface area contributed by atoms with Crippen LogP contribution in [0.1, 0.15) is 24.1 Å². The molecule has 0 bridgehead atoms. The fraction of sp³-hybridized carbons (Fsp3) is 0.316. The molecule has 1 aliphatic heterocycles. The predicted molar refractivity (Wildman–Crippen MR) is 96.9 cm³/mol. The van der Waals surface area contributed by atoms with Crippen LogP contribution in [0, 0.1) is 0 Å². The lowest BCUT2D eigenvalue weighted by molar-refractivity contribution is 0.154. The van der Waals surface area contributed by atoms with Gasteiger partial charge in [-0.15, -0.1) is 0 Å². The molecule has 25 heavy (non-hydrogen) atoms. The van der Waals surface area contributed by atoms with E-state index in [-0.39, 0.29) is 11.7 Å². The summed E-state index contributed by atoms with van der Waals surface area (Å²) in [7, 11) is 0. The van der Waals surface area contributed by atoms with Gasteiger partial charge in [0.1, 0.15) is 11.5 Å². The number of fused-ring (bicyclic) bond motifs is 1. The topological polar surface area (TPSA) is 82.1 Å². The number of rotatable bonds is 3. The molecule has 3 heterocycles. The molecule has 1 fully saturated rings. The van der Waals surface area contributed by atoms with Gasteiger partial charge >= 0.3 is 0 Å². The Labute approximate surface area is 145 Å². The molecule has 1 saturated heterocycles. The second-order valence-electron chi connectivity index (χ2n) is 6.46. The van der Waals surface area contributed by atoms with Gasteiger partial charge in [0, 0.05) is 19.5 Å². The van der Waals surface area contributed by atoms with Gasteiger partial charge in [0.2, 0.25) is 0 Å². The van der Waals surface area contributed by atoms with Crippen LogP contribution in [0.3, 0.4) is 0 Å². The summed E-state index contributed by atoms with van der Waals surface area (Å²) in [6.45, 7) is 1.45. The van der Waals surface area contributed by atoms with Gasteiger partial charge in [-0.2, -0.15) is 0 Å². The molecular weight excluding hydrogens is 316 g/mol. The molecule has 2 N–H and O–H groups in total. The van der Waals surface area contributed by atoms with Crippen LogP contribution in [0.2, 0.25) is 0 Å². The zero-order chi connectivity index (χ0) is 17.2. The number of nitrogens with zero attached hydrogens (tertiary/aromatic N) is 3. The third-order valence-electron chi connectivity index (χ3n) is 4.55. The molecule has 3 aromatic rings. The number of β-amino-alcohol motifs (C(OH)–C–C–N with tert-alkyl or cyclic N) is 1. The van der Waals surface area contributed by atoms with Gasteiger partial charge in [0.15, 0.2) is 5.65 Å². The molecule has 0 spiro atoms. The van der Waals surface area contributed by atoms with Gasteiger partial charge < -0.3 is 15.0 Å². The Hall–Kier alpha value is -2.73. The first kappa shape index (κ1) is 15.8. The largest absolute Gasteiger partial charge is 0.391 e. The fourth-order valence-corrected chi connectivity index (χ4v) is 3.24. The summed E-state index contributed by atoms with van der Waals surface area (Å²) >= 11 is 0. The van der Waals surface area contributed by atoms with Crippen molar-refractivity contribution in [2.24, 2.45) is 0 Å². The highest BCUT2D eigenvalue weighted by molar-refractivity contribution is 5.72. The summed E-state index contributed by atoms with van der Waals surface area (Å²) in [5.74, 6) is 0.788. The molecule has 2 aromatic heterocycles. The molecule has 1 aromatic carbocycles. The lowest BCUT2D eigenvalue weighted by atomic mass is 10.1. The van der Waals surface area contributed by atoms with Crippen molar-refractivity contribution >= 4 is 17.0 Å². The molecule has 1 atom stereocenters. The number of aromatic nitrogens is 3. The maximum Gasteiger partial charge on any atom is 0.270 e. The Balaban J connectivity index is 1.69. The number of H-pyrrole nitrogens is 1. The van der Waals surface area contributed by atoms with Crippen molar-refractivity contribution in [2.75, 3.05) is 18.0 Å². The summed E-state index contributed by atoms with van der Waals surface area (Å²) in [5.41, 5.74) is 2.47. The summed E-state index contributed by atoms with van der Waals surface area (Å²) in [5, 5.41) is 9.87. The van der Waals surface area contributed by atoms with Gasteiger partial charge in [-0.25, -0.2) is 9.97 Å². The third-order valence-corrected chi connectivity index (χ3v) is 4.55. The number of hydrogen-bond acceptors (Lipinski definition) is 5. The predicted octanol–water partition coefficient (Wildman–Crippen LogP) is 1.87. The highest BCUT2D eigenvalue weighted by Gasteiger charge is 2.19. The first-order valence-corrected chi connectivity index (χ1v) is 8.56. The van der Waals surface area contributed by atoms with E-state index in [2.05, 4.69) is 19.9 Å². The molecule has 4 rings (SSSR count). The Morgan fingerprint density at radius 2 is 2.00 bits per heavy atom. The van der Waals surface area contributed by atoms with Gasteiger partial charge in [-0.05, 0) is 30.5 Å². The Morgan fingerprint density at radius 3 is 2.80 bits per heavy atom. The van der Waals surface area contributed by atoms with Crippen LogP contribution in [-0.2, 0) is 6.42 Å². The molecule has 0 saturated carbocycles. The van der Waals surface area contributed by atoms with Gasteiger partial charge in [-0.3, -0.25) is 4.79 Å². The number of aliphatic hydroxyl groups is 1. The lowest BCUT2D eigenvalue weighted by Gasteiger charge is -2.30. The van der Waals surface area contributed by atoms with Crippen LogP contribution in [0.5, 0.6) is 0 Å². The third kappa shape index (κ3) is 3.39. The van der Waals surface area contributed by atoms with Crippen molar-refractivity contribution in [3.05, 3.63) is 64.1 Å². The molecule has 128 valence electrons. The maximum absolute atomic E-state index is 12.3. The zero-order valence-electron chi connectivity index (χ0n) is 13.9. The minimum absolute atomic E-state index is 0.181. The van der Waals surface area contributed by atoms with Crippen LogP contribution < -0.4 is 10.5 Å². The average molecular weight is 336 g/mol. The number of pyridine rings is 1. The average Bonchev–Trinajstić information content (AvgIpc) is 2.63. The maximum atomic E-state index is 12.3. The Bertz CT molecular complexity index is 939. The van der Waals surface area contributed by atoms with E-state index < -0.39 is 0 Å². The number of aliphatic hydroxyl groups excluding tert-OH is 1. The summed E-state index contributed by atoms with van der Waals surface area (Å²) in [4.78, 5) is 26.3. The van der Waals surface area contributed by atoms with Crippen molar-refractivity contribution in [1.82, 2.24) is 15.0 Å². The molecule has 1 aliphatic rings. The molecule has 6 heteroatoms. The SMILES string of the molecule is O=c1[nH]c2ccc(N3CCCC(O)C3)nc2nc1Cc1ccccc1. The lowest BCUT2D eigenvalue weighted by Crippen LogP contribution is -2.38. The first-order chi connectivity index (χ1) is 12.2. The summed E-state index contributed by atoms with van der Waals surface area (Å²) < 4.78 is 0. The molecule has 0 amide bonds. The van der Waals surface area contributed by atoms with Crippen LogP contribution in [0.25, 0.3) is 11.2 Å². The van der Waals surface area contributed by atoms with Crippen molar-refractivity contribution in [2.45, 2.75) is 25.4 Å². The van der Waals surface area contributed by atoms with E-state index >= 15 is 0 Å². The Morgan fingerprint density at radius 1 is 1.16 bits per heavy atom. The van der Waals surface area contributed by atoms with Crippen molar-refractivity contribution < 1.29 is 5.11 Å². The molecule has 1 unspecified atom stereocenters. The van der Waals surface area contributed by atoms with E-state index in [1.165, 1.54) is 0 Å². The number of anilines is 1. The minimum Gasteiger partial charge on any atom is -0.391 e. The number of hydrogen-bond donors (Lipinski definition) is 2. The van der Waals surface area contributed by atoms with Gasteiger partial charge in [0.25, 0.3) is 5.56 Å². The van der Waals surface area contributed by atoms with E-state index in [1.807, 2.05) is 42.5 Å². The highest BCUT2D eigenvalue weighted by Crippen LogP contribution is 2.20. The number of piperidine rings is 1.